The molecular formula is C12H21FN2O2S. The van der Waals surface area contributed by atoms with Gasteiger partial charge in [-0.1, -0.05) is 13.8 Å². The topological polar surface area (TPSA) is 67.8 Å². The van der Waals surface area contributed by atoms with Crippen molar-refractivity contribution in [2.75, 3.05) is 13.2 Å². The van der Waals surface area contributed by atoms with Crippen molar-refractivity contribution in [3.05, 3.63) is 23.1 Å². The first-order valence-corrected chi connectivity index (χ1v) is 6.68. The first kappa shape index (κ1) is 17.0. The zero-order valence-corrected chi connectivity index (χ0v) is 11.9. The Kier molecular flexibility index (Phi) is 9.40. The molecule has 0 aromatic rings. The van der Waals surface area contributed by atoms with Crippen LogP contribution in [0.25, 0.3) is 0 Å². The maximum Gasteiger partial charge on any atom is 0.187 e. The summed E-state index contributed by atoms with van der Waals surface area (Å²) in [5.41, 5.74) is 7.10. The van der Waals surface area contributed by atoms with E-state index in [1.165, 1.54) is 0 Å². The first-order chi connectivity index (χ1) is 8.72. The van der Waals surface area contributed by atoms with Gasteiger partial charge in [0.15, 0.2) is 12.3 Å². The molecule has 0 aliphatic heterocycles. The highest BCUT2D eigenvalue weighted by molar-refractivity contribution is 7.93. The minimum absolute atomic E-state index is 0.124. The molecule has 0 aromatic heterocycles. The Balaban J connectivity index is 0.00000137. The number of halogens is 1. The van der Waals surface area contributed by atoms with Crippen molar-refractivity contribution in [2.45, 2.75) is 33.6 Å². The number of aliphatic hydroxyl groups excluding tert-OH is 1. The fourth-order valence-electron chi connectivity index (χ4n) is 1.53. The zero-order chi connectivity index (χ0) is 14.0. The average molecular weight is 276 g/mol. The molecule has 6 heteroatoms. The van der Waals surface area contributed by atoms with E-state index >= 15 is 0 Å². The standard InChI is InChI=1S/C10H15FN2O2S.C2H6/c1-2-15-7-3-4-8(9(12)6-14)10(5-7)13-16-11;1-2/h5,14H,2-4,6,12H2,1H3;1-2H3/b9-8-,13-10+;. The molecule has 0 saturated heterocycles. The molecule has 0 spiro atoms. The molecular weight excluding hydrogens is 255 g/mol. The van der Waals surface area contributed by atoms with Gasteiger partial charge in [-0.15, -0.1) is 3.89 Å². The third-order valence-electron chi connectivity index (χ3n) is 2.25. The Hall–Kier alpha value is -1.01. The maximum atomic E-state index is 12.2. The van der Waals surface area contributed by atoms with Gasteiger partial charge in [-0.05, 0) is 13.3 Å². The quantitative estimate of drug-likeness (QED) is 0.775. The minimum atomic E-state index is -0.247. The Bertz CT molecular complexity index is 341. The minimum Gasteiger partial charge on any atom is -0.498 e. The van der Waals surface area contributed by atoms with E-state index in [1.54, 1.807) is 6.08 Å². The summed E-state index contributed by atoms with van der Waals surface area (Å²) in [7, 11) is 0. The van der Waals surface area contributed by atoms with Crippen molar-refractivity contribution in [3.63, 3.8) is 0 Å². The zero-order valence-electron chi connectivity index (χ0n) is 11.1. The molecule has 0 heterocycles. The molecule has 0 aromatic carbocycles. The fraction of sp³-hybridized carbons (Fsp3) is 0.583. The van der Waals surface area contributed by atoms with E-state index in [0.29, 0.717) is 36.4 Å². The van der Waals surface area contributed by atoms with Gasteiger partial charge in [0, 0.05) is 23.8 Å². The summed E-state index contributed by atoms with van der Waals surface area (Å²) in [6.07, 6.45) is 2.97. The normalized spacial score (nSPS) is 19.8. The predicted molar refractivity (Wildman–Crippen MR) is 74.7 cm³/mol. The molecule has 0 fully saturated rings. The number of hydrogen-bond acceptors (Lipinski definition) is 5. The number of rotatable bonds is 4. The van der Waals surface area contributed by atoms with Crippen LogP contribution in [-0.2, 0) is 4.74 Å². The van der Waals surface area contributed by atoms with E-state index in [-0.39, 0.29) is 18.9 Å². The van der Waals surface area contributed by atoms with Gasteiger partial charge >= 0.3 is 0 Å². The average Bonchev–Trinajstić information content (AvgIpc) is 2.41. The van der Waals surface area contributed by atoms with Crippen molar-refractivity contribution >= 4 is 18.0 Å². The molecule has 0 radical (unpaired) electrons. The van der Waals surface area contributed by atoms with Crippen molar-refractivity contribution in [3.8, 4) is 0 Å². The molecule has 4 nitrogen and oxygen atoms in total. The Labute approximate surface area is 112 Å². The van der Waals surface area contributed by atoms with Crippen LogP contribution in [0.1, 0.15) is 33.6 Å². The lowest BCUT2D eigenvalue weighted by atomic mass is 9.96. The van der Waals surface area contributed by atoms with E-state index < -0.39 is 0 Å². The number of nitrogens with zero attached hydrogens (tertiary/aromatic N) is 1. The molecule has 0 saturated carbocycles. The first-order valence-electron chi connectivity index (χ1n) is 6.00. The number of aliphatic hydroxyl groups is 1. The van der Waals surface area contributed by atoms with Gasteiger partial charge in [0.2, 0.25) is 0 Å². The van der Waals surface area contributed by atoms with Gasteiger partial charge in [0.25, 0.3) is 0 Å². The highest BCUT2D eigenvalue weighted by Gasteiger charge is 2.17. The number of ether oxygens (including phenoxy) is 1. The van der Waals surface area contributed by atoms with Gasteiger partial charge < -0.3 is 15.6 Å². The molecule has 1 aliphatic rings. The van der Waals surface area contributed by atoms with E-state index in [1.807, 2.05) is 20.8 Å². The molecule has 0 bridgehead atoms. The van der Waals surface area contributed by atoms with Crippen molar-refractivity contribution < 1.29 is 13.7 Å². The lowest BCUT2D eigenvalue weighted by Crippen LogP contribution is -2.17. The SMILES string of the molecule is CC.CCOC1=CC(=N\SF)/C(=C(\N)CO)CC1. The van der Waals surface area contributed by atoms with Gasteiger partial charge in [0.1, 0.15) is 0 Å². The third-order valence-corrected chi connectivity index (χ3v) is 2.51. The largest absolute Gasteiger partial charge is 0.498 e. The monoisotopic (exact) mass is 276 g/mol. The molecule has 1 rings (SSSR count). The summed E-state index contributed by atoms with van der Waals surface area (Å²) in [5, 5.41) is 8.95. The third kappa shape index (κ3) is 5.10. The summed E-state index contributed by atoms with van der Waals surface area (Å²) in [6, 6.07) is 0. The summed E-state index contributed by atoms with van der Waals surface area (Å²) >= 11 is -0.124. The van der Waals surface area contributed by atoms with Crippen LogP contribution in [0.3, 0.4) is 0 Å². The molecule has 104 valence electrons. The van der Waals surface area contributed by atoms with Crippen LogP contribution in [0.2, 0.25) is 0 Å². The van der Waals surface area contributed by atoms with Crippen LogP contribution in [0.5, 0.6) is 0 Å². The molecule has 0 amide bonds. The number of allylic oxidation sites excluding steroid dienone is 3. The second-order valence-electron chi connectivity index (χ2n) is 3.25. The summed E-state index contributed by atoms with van der Waals surface area (Å²) in [6.45, 7) is 6.20. The molecule has 1 aliphatic carbocycles. The molecule has 18 heavy (non-hydrogen) atoms. The second-order valence-corrected chi connectivity index (χ2v) is 3.57. The maximum absolute atomic E-state index is 12.2. The van der Waals surface area contributed by atoms with E-state index in [4.69, 9.17) is 15.6 Å². The van der Waals surface area contributed by atoms with Crippen LogP contribution < -0.4 is 5.73 Å². The van der Waals surface area contributed by atoms with E-state index in [9.17, 15) is 3.89 Å². The highest BCUT2D eigenvalue weighted by atomic mass is 32.2. The van der Waals surface area contributed by atoms with E-state index in [0.717, 1.165) is 5.76 Å². The Morgan fingerprint density at radius 1 is 1.56 bits per heavy atom. The van der Waals surface area contributed by atoms with Gasteiger partial charge in [-0.25, -0.2) is 0 Å². The highest BCUT2D eigenvalue weighted by Crippen LogP contribution is 2.25. The smallest absolute Gasteiger partial charge is 0.187 e. The predicted octanol–water partition coefficient (Wildman–Crippen LogP) is 2.91. The van der Waals surface area contributed by atoms with Gasteiger partial charge in [-0.3, -0.25) is 0 Å². The summed E-state index contributed by atoms with van der Waals surface area (Å²) in [5.74, 6) is 0.768. The van der Waals surface area contributed by atoms with Crippen LogP contribution in [0.4, 0.5) is 3.89 Å². The number of nitrogens with two attached hydrogens (primary N) is 1. The molecule has 0 unspecified atom stereocenters. The van der Waals surface area contributed by atoms with Crippen LogP contribution in [0.15, 0.2) is 27.5 Å². The van der Waals surface area contributed by atoms with Crippen molar-refractivity contribution in [2.24, 2.45) is 10.1 Å². The molecule has 0 atom stereocenters. The second kappa shape index (κ2) is 9.96. The van der Waals surface area contributed by atoms with Gasteiger partial charge in [-0.2, -0.15) is 4.40 Å². The molecule has 3 N–H and O–H groups in total. The number of hydrogen-bond donors (Lipinski definition) is 2. The Morgan fingerprint density at radius 3 is 2.72 bits per heavy atom. The van der Waals surface area contributed by atoms with Crippen LogP contribution in [0, 0.1) is 0 Å². The Morgan fingerprint density at radius 2 is 2.22 bits per heavy atom. The lowest BCUT2D eigenvalue weighted by Gasteiger charge is -2.18. The fourth-order valence-corrected chi connectivity index (χ4v) is 1.76. The summed E-state index contributed by atoms with van der Waals surface area (Å²) in [4.78, 5) is 0. The summed E-state index contributed by atoms with van der Waals surface area (Å²) < 4.78 is 21.1. The van der Waals surface area contributed by atoms with Crippen LogP contribution in [-0.4, -0.2) is 24.0 Å². The van der Waals surface area contributed by atoms with Gasteiger partial charge in [0.05, 0.1) is 24.7 Å². The van der Waals surface area contributed by atoms with E-state index in [2.05, 4.69) is 4.40 Å². The van der Waals surface area contributed by atoms with Crippen LogP contribution >= 0.6 is 12.3 Å². The van der Waals surface area contributed by atoms with Crippen molar-refractivity contribution in [1.29, 1.82) is 0 Å². The lowest BCUT2D eigenvalue weighted by molar-refractivity contribution is 0.218. The van der Waals surface area contributed by atoms with Crippen molar-refractivity contribution in [1.82, 2.24) is 0 Å².